The molecule has 0 aromatic rings. The number of hydrogen-bond donors (Lipinski definition) is 0. The molecule has 1 aliphatic heterocycles. The summed E-state index contributed by atoms with van der Waals surface area (Å²) in [6.07, 6.45) is -12.9. The molecule has 15 heteroatoms. The van der Waals surface area contributed by atoms with E-state index < -0.39 is 66.1 Å². The van der Waals surface area contributed by atoms with Gasteiger partial charge in [0.2, 0.25) is 0 Å². The Morgan fingerprint density at radius 1 is 0.786 bits per heavy atom. The standard InChI is InChI=1S/C13H11F13O2/c1-7(2)4-6(27)28-5(7)3-8(14,15)9(16,17)10(18,19)11(20,21)12(22,23)13(24,25)26/h5H,3-4H2,1-2H3. The quantitative estimate of drug-likeness (QED) is 0.401. The zero-order valence-corrected chi connectivity index (χ0v) is 13.7. The molecule has 0 aromatic carbocycles. The van der Waals surface area contributed by atoms with Crippen LogP contribution in [0.1, 0.15) is 26.7 Å². The van der Waals surface area contributed by atoms with E-state index in [9.17, 15) is 61.9 Å². The second kappa shape index (κ2) is 6.28. The molecule has 166 valence electrons. The fourth-order valence-corrected chi connectivity index (χ4v) is 2.33. The fraction of sp³-hybridized carbons (Fsp3) is 0.923. The highest BCUT2D eigenvalue weighted by Gasteiger charge is 2.90. The maximum absolute atomic E-state index is 13.8. The highest BCUT2D eigenvalue weighted by molar-refractivity contribution is 5.72. The van der Waals surface area contributed by atoms with Gasteiger partial charge < -0.3 is 4.74 Å². The van der Waals surface area contributed by atoms with E-state index in [4.69, 9.17) is 0 Å². The van der Waals surface area contributed by atoms with Gasteiger partial charge in [-0.3, -0.25) is 4.79 Å². The van der Waals surface area contributed by atoms with Gasteiger partial charge in [-0.05, 0) is 0 Å². The van der Waals surface area contributed by atoms with E-state index in [0.717, 1.165) is 13.8 Å². The number of esters is 1. The first-order valence-electron chi connectivity index (χ1n) is 7.11. The maximum atomic E-state index is 13.8. The molecule has 2 nitrogen and oxygen atoms in total. The van der Waals surface area contributed by atoms with Crippen LogP contribution in [0.15, 0.2) is 0 Å². The van der Waals surface area contributed by atoms with Gasteiger partial charge in [-0.15, -0.1) is 0 Å². The molecule has 1 aliphatic rings. The van der Waals surface area contributed by atoms with Crippen LogP contribution in [0.3, 0.4) is 0 Å². The largest absolute Gasteiger partial charge is 0.462 e. The van der Waals surface area contributed by atoms with E-state index in [-0.39, 0.29) is 0 Å². The summed E-state index contributed by atoms with van der Waals surface area (Å²) in [5.41, 5.74) is -1.66. The van der Waals surface area contributed by atoms with Crippen LogP contribution in [0.5, 0.6) is 0 Å². The van der Waals surface area contributed by atoms with Crippen molar-refractivity contribution < 1.29 is 66.6 Å². The van der Waals surface area contributed by atoms with Crippen LogP contribution >= 0.6 is 0 Å². The van der Waals surface area contributed by atoms with E-state index in [2.05, 4.69) is 4.74 Å². The predicted octanol–water partition coefficient (Wildman–Crippen LogP) is 5.46. The second-order valence-corrected chi connectivity index (χ2v) is 6.85. The minimum absolute atomic E-state index is 0.655. The number of rotatable bonds is 6. The number of cyclic esters (lactones) is 1. The third-order valence-corrected chi connectivity index (χ3v) is 4.19. The predicted molar refractivity (Wildman–Crippen MR) is 63.7 cm³/mol. The van der Waals surface area contributed by atoms with Crippen molar-refractivity contribution in [1.82, 2.24) is 0 Å². The Balaban J connectivity index is 3.36. The summed E-state index contributed by atoms with van der Waals surface area (Å²) in [6.45, 7) is 1.97. The van der Waals surface area contributed by atoms with Gasteiger partial charge in [0.15, 0.2) is 0 Å². The highest BCUT2D eigenvalue weighted by atomic mass is 19.4. The lowest BCUT2D eigenvalue weighted by Gasteiger charge is -2.40. The van der Waals surface area contributed by atoms with Gasteiger partial charge in [0.1, 0.15) is 6.10 Å². The summed E-state index contributed by atoms with van der Waals surface area (Å²) in [5, 5.41) is 0. The van der Waals surface area contributed by atoms with Gasteiger partial charge in [0.25, 0.3) is 0 Å². The van der Waals surface area contributed by atoms with Crippen LogP contribution in [0.2, 0.25) is 0 Å². The lowest BCUT2D eigenvalue weighted by Crippen LogP contribution is -2.70. The molecule has 28 heavy (non-hydrogen) atoms. The molecule has 0 bridgehead atoms. The van der Waals surface area contributed by atoms with Crippen molar-refractivity contribution in [2.24, 2.45) is 5.41 Å². The number of ether oxygens (including phenoxy) is 1. The summed E-state index contributed by atoms with van der Waals surface area (Å²) in [5.74, 6) is -38.4. The van der Waals surface area contributed by atoms with Crippen molar-refractivity contribution in [1.29, 1.82) is 0 Å². The molecule has 0 spiro atoms. The highest BCUT2D eigenvalue weighted by Crippen LogP contribution is 2.61. The van der Waals surface area contributed by atoms with Crippen molar-refractivity contribution in [2.75, 3.05) is 0 Å². The van der Waals surface area contributed by atoms with Crippen LogP contribution in [0, 0.1) is 5.41 Å². The van der Waals surface area contributed by atoms with E-state index >= 15 is 0 Å². The minimum Gasteiger partial charge on any atom is -0.462 e. The molecule has 0 saturated carbocycles. The number of carbonyl (C=O) groups excluding carboxylic acids is 1. The van der Waals surface area contributed by atoms with Crippen molar-refractivity contribution in [3.63, 3.8) is 0 Å². The molecule has 1 fully saturated rings. The normalized spacial score (nSPS) is 22.4. The summed E-state index contributed by atoms with van der Waals surface area (Å²) < 4.78 is 173. The minimum atomic E-state index is -7.94. The van der Waals surface area contributed by atoms with Gasteiger partial charge in [0.05, 0.1) is 12.8 Å². The smallest absolute Gasteiger partial charge is 0.460 e. The van der Waals surface area contributed by atoms with Crippen LogP contribution in [-0.4, -0.2) is 47.9 Å². The fourth-order valence-electron chi connectivity index (χ4n) is 2.33. The van der Waals surface area contributed by atoms with Gasteiger partial charge >= 0.3 is 41.8 Å². The molecular weight excluding hydrogens is 435 g/mol. The van der Waals surface area contributed by atoms with E-state index in [0.29, 0.717) is 0 Å². The molecule has 0 aromatic heterocycles. The molecule has 0 aliphatic carbocycles. The molecule has 0 N–H and O–H groups in total. The van der Waals surface area contributed by atoms with E-state index in [1.165, 1.54) is 0 Å². The van der Waals surface area contributed by atoms with Crippen molar-refractivity contribution in [3.05, 3.63) is 0 Å². The Kier molecular flexibility index (Phi) is 5.51. The van der Waals surface area contributed by atoms with Crippen LogP contribution < -0.4 is 0 Å². The van der Waals surface area contributed by atoms with Crippen molar-refractivity contribution in [3.8, 4) is 0 Å². The zero-order chi connectivity index (χ0) is 22.8. The number of carbonyl (C=O) groups is 1. The first-order valence-corrected chi connectivity index (χ1v) is 7.11. The summed E-state index contributed by atoms with van der Waals surface area (Å²) in [6, 6.07) is 0. The monoisotopic (exact) mass is 446 g/mol. The molecule has 0 radical (unpaired) electrons. The first kappa shape index (κ1) is 24.6. The lowest BCUT2D eigenvalue weighted by molar-refractivity contribution is -0.441. The second-order valence-electron chi connectivity index (χ2n) is 6.85. The van der Waals surface area contributed by atoms with Crippen LogP contribution in [-0.2, 0) is 9.53 Å². The van der Waals surface area contributed by atoms with Crippen LogP contribution in [0.25, 0.3) is 0 Å². The number of hydrogen-bond acceptors (Lipinski definition) is 2. The lowest BCUT2D eigenvalue weighted by atomic mass is 9.81. The van der Waals surface area contributed by atoms with Gasteiger partial charge in [-0.1, -0.05) is 13.8 Å². The first-order chi connectivity index (χ1) is 12.0. The average molecular weight is 446 g/mol. The Bertz CT molecular complexity index is 620. The molecular formula is C13H11F13O2. The van der Waals surface area contributed by atoms with Gasteiger partial charge in [0, 0.05) is 5.41 Å². The molecule has 1 saturated heterocycles. The van der Waals surface area contributed by atoms with Gasteiger partial charge in [-0.2, -0.15) is 57.1 Å². The topological polar surface area (TPSA) is 26.3 Å². The maximum Gasteiger partial charge on any atom is 0.460 e. The summed E-state index contributed by atoms with van der Waals surface area (Å²) in [4.78, 5) is 11.1. The molecule has 1 atom stereocenters. The number of halogens is 13. The van der Waals surface area contributed by atoms with E-state index in [1.54, 1.807) is 0 Å². The Hall–Kier alpha value is -1.44. The molecule has 1 unspecified atom stereocenters. The third-order valence-electron chi connectivity index (χ3n) is 4.19. The van der Waals surface area contributed by atoms with Crippen molar-refractivity contribution >= 4 is 5.97 Å². The third kappa shape index (κ3) is 3.37. The SMILES string of the molecule is CC1(C)CC(=O)OC1CC(F)(F)C(F)(F)C(F)(F)C(F)(F)C(F)(F)C(F)(F)F. The zero-order valence-electron chi connectivity index (χ0n) is 13.7. The van der Waals surface area contributed by atoms with Crippen molar-refractivity contribution in [2.45, 2.75) is 68.6 Å². The van der Waals surface area contributed by atoms with Gasteiger partial charge in [-0.25, -0.2) is 0 Å². The average Bonchev–Trinajstić information content (AvgIpc) is 2.68. The van der Waals surface area contributed by atoms with Crippen LogP contribution in [0.4, 0.5) is 57.1 Å². The Labute approximate surface area is 148 Å². The molecule has 1 heterocycles. The Morgan fingerprint density at radius 3 is 1.50 bits per heavy atom. The van der Waals surface area contributed by atoms with E-state index in [1.807, 2.05) is 0 Å². The molecule has 0 amide bonds. The summed E-state index contributed by atoms with van der Waals surface area (Å²) >= 11 is 0. The number of alkyl halides is 13. The Morgan fingerprint density at radius 2 is 1.18 bits per heavy atom. The molecule has 1 rings (SSSR count). The summed E-state index contributed by atoms with van der Waals surface area (Å²) in [7, 11) is 0.